The van der Waals surface area contributed by atoms with Crippen molar-refractivity contribution in [2.75, 3.05) is 7.11 Å². The molecule has 0 radical (unpaired) electrons. The molecule has 0 amide bonds. The molecule has 0 fully saturated rings. The second-order valence-electron chi connectivity index (χ2n) is 6.74. The predicted molar refractivity (Wildman–Crippen MR) is 102 cm³/mol. The van der Waals surface area contributed by atoms with E-state index < -0.39 is 0 Å². The Balaban J connectivity index is 1.96. The molecule has 24 heavy (non-hydrogen) atoms. The minimum atomic E-state index is 1.01. The predicted octanol–water partition coefficient (Wildman–Crippen LogP) is 5.96. The van der Waals surface area contributed by atoms with Gasteiger partial charge in [0.2, 0.25) is 0 Å². The second kappa shape index (κ2) is 6.32. The molecule has 0 heterocycles. The van der Waals surface area contributed by atoms with Gasteiger partial charge in [-0.1, -0.05) is 37.3 Å². The van der Waals surface area contributed by atoms with Crippen molar-refractivity contribution < 1.29 is 4.74 Å². The largest absolute Gasteiger partial charge is 0.496 e. The fraction of sp³-hybridized carbons (Fsp3) is 0.304. The molecule has 122 valence electrons. The summed E-state index contributed by atoms with van der Waals surface area (Å²) in [6.45, 7) is 2.23. The standard InChI is InChI=1S/C23H24O/c1-3-16-12-17-8-4-5-9-18(17)13-21(16)22-14-19-10-6-7-11-20(19)15-23(22)24-2/h4-5,8-9,12-15H,3,6-7,10-11H2,1-2H3. The van der Waals surface area contributed by atoms with Crippen molar-refractivity contribution in [3.63, 3.8) is 0 Å². The van der Waals surface area contributed by atoms with Crippen LogP contribution in [0.25, 0.3) is 21.9 Å². The van der Waals surface area contributed by atoms with Crippen molar-refractivity contribution in [3.8, 4) is 16.9 Å². The zero-order valence-electron chi connectivity index (χ0n) is 14.6. The maximum Gasteiger partial charge on any atom is 0.126 e. The lowest BCUT2D eigenvalue weighted by Crippen LogP contribution is -2.04. The van der Waals surface area contributed by atoms with E-state index in [2.05, 4.69) is 55.5 Å². The molecule has 0 aromatic heterocycles. The molecule has 0 unspecified atom stereocenters. The smallest absolute Gasteiger partial charge is 0.126 e. The molecule has 0 N–H and O–H groups in total. The number of hydrogen-bond acceptors (Lipinski definition) is 1. The first-order chi connectivity index (χ1) is 11.8. The summed E-state index contributed by atoms with van der Waals surface area (Å²) in [4.78, 5) is 0. The van der Waals surface area contributed by atoms with Gasteiger partial charge >= 0.3 is 0 Å². The van der Waals surface area contributed by atoms with Crippen molar-refractivity contribution in [3.05, 3.63) is 65.2 Å². The van der Waals surface area contributed by atoms with E-state index in [1.54, 1.807) is 7.11 Å². The number of rotatable bonds is 3. The van der Waals surface area contributed by atoms with E-state index in [-0.39, 0.29) is 0 Å². The summed E-state index contributed by atoms with van der Waals surface area (Å²) in [6.07, 6.45) is 6.01. The van der Waals surface area contributed by atoms with Crippen LogP contribution >= 0.6 is 0 Å². The zero-order chi connectivity index (χ0) is 16.5. The van der Waals surface area contributed by atoms with Crippen LogP contribution in [0.2, 0.25) is 0 Å². The molecule has 0 aliphatic heterocycles. The average molecular weight is 316 g/mol. The third-order valence-corrected chi connectivity index (χ3v) is 5.31. The van der Waals surface area contributed by atoms with Crippen LogP contribution in [0, 0.1) is 0 Å². The van der Waals surface area contributed by atoms with Gasteiger partial charge in [0.1, 0.15) is 5.75 Å². The molecule has 3 aromatic rings. The molecule has 1 nitrogen and oxygen atoms in total. The van der Waals surface area contributed by atoms with Gasteiger partial charge in [0.25, 0.3) is 0 Å². The lowest BCUT2D eigenvalue weighted by molar-refractivity contribution is 0.415. The van der Waals surface area contributed by atoms with Gasteiger partial charge < -0.3 is 4.74 Å². The minimum absolute atomic E-state index is 1.01. The fourth-order valence-electron chi connectivity index (χ4n) is 3.97. The van der Waals surface area contributed by atoms with Gasteiger partial charge in [-0.2, -0.15) is 0 Å². The Bertz CT molecular complexity index is 892. The van der Waals surface area contributed by atoms with Gasteiger partial charge in [-0.25, -0.2) is 0 Å². The van der Waals surface area contributed by atoms with Gasteiger partial charge in [0, 0.05) is 5.56 Å². The quantitative estimate of drug-likeness (QED) is 0.579. The van der Waals surface area contributed by atoms with Crippen molar-refractivity contribution in [2.24, 2.45) is 0 Å². The van der Waals surface area contributed by atoms with Gasteiger partial charge in [0.05, 0.1) is 7.11 Å². The van der Waals surface area contributed by atoms with Crippen LogP contribution in [0.15, 0.2) is 48.5 Å². The number of aryl methyl sites for hydroxylation is 3. The third kappa shape index (κ3) is 2.58. The van der Waals surface area contributed by atoms with Crippen LogP contribution in [0.1, 0.15) is 36.5 Å². The van der Waals surface area contributed by atoms with Crippen molar-refractivity contribution in [1.29, 1.82) is 0 Å². The van der Waals surface area contributed by atoms with E-state index in [0.717, 1.165) is 12.2 Å². The SMILES string of the molecule is CCc1cc2ccccc2cc1-c1cc2c(cc1OC)CCCC2. The number of methoxy groups -OCH3 is 1. The van der Waals surface area contributed by atoms with Crippen LogP contribution < -0.4 is 4.74 Å². The highest BCUT2D eigenvalue weighted by Gasteiger charge is 2.17. The highest BCUT2D eigenvalue weighted by Crippen LogP contribution is 2.38. The molecule has 0 atom stereocenters. The van der Waals surface area contributed by atoms with Crippen molar-refractivity contribution >= 4 is 10.8 Å². The first-order valence-electron chi connectivity index (χ1n) is 9.02. The molecule has 0 saturated heterocycles. The Morgan fingerprint density at radius 3 is 2.17 bits per heavy atom. The minimum Gasteiger partial charge on any atom is -0.496 e. The van der Waals surface area contributed by atoms with Gasteiger partial charge in [-0.15, -0.1) is 0 Å². The van der Waals surface area contributed by atoms with Crippen molar-refractivity contribution in [2.45, 2.75) is 39.0 Å². The molecule has 0 saturated carbocycles. The summed E-state index contributed by atoms with van der Waals surface area (Å²) < 4.78 is 5.78. The van der Waals surface area contributed by atoms with Crippen molar-refractivity contribution in [1.82, 2.24) is 0 Å². The lowest BCUT2D eigenvalue weighted by Gasteiger charge is -2.21. The molecule has 0 bridgehead atoms. The molecular formula is C23H24O. The second-order valence-corrected chi connectivity index (χ2v) is 6.74. The van der Waals surface area contributed by atoms with Gasteiger partial charge in [0.15, 0.2) is 0 Å². The Kier molecular flexibility index (Phi) is 4.02. The Hall–Kier alpha value is -2.28. The molecule has 4 rings (SSSR count). The van der Waals surface area contributed by atoms with Crippen LogP contribution in [0.3, 0.4) is 0 Å². The monoisotopic (exact) mass is 316 g/mol. The summed E-state index contributed by atoms with van der Waals surface area (Å²) in [5.41, 5.74) is 6.94. The maximum atomic E-state index is 5.78. The molecule has 1 heteroatoms. The molecule has 1 aliphatic carbocycles. The van der Waals surface area contributed by atoms with Crippen LogP contribution in [-0.4, -0.2) is 7.11 Å². The lowest BCUT2D eigenvalue weighted by atomic mass is 9.86. The maximum absolute atomic E-state index is 5.78. The third-order valence-electron chi connectivity index (χ3n) is 5.31. The highest BCUT2D eigenvalue weighted by molar-refractivity contribution is 5.90. The van der Waals surface area contributed by atoms with E-state index in [1.807, 2.05) is 0 Å². The highest BCUT2D eigenvalue weighted by atomic mass is 16.5. The number of ether oxygens (including phenoxy) is 1. The van der Waals surface area contributed by atoms with Crippen LogP contribution in [0.4, 0.5) is 0 Å². The fourth-order valence-corrected chi connectivity index (χ4v) is 3.97. The summed E-state index contributed by atoms with van der Waals surface area (Å²) in [6, 6.07) is 18.0. The first kappa shape index (κ1) is 15.3. The number of benzene rings is 3. The average Bonchev–Trinajstić information content (AvgIpc) is 2.65. The van der Waals surface area contributed by atoms with Gasteiger partial charge in [-0.05, 0) is 83.3 Å². The summed E-state index contributed by atoms with van der Waals surface area (Å²) >= 11 is 0. The summed E-state index contributed by atoms with van der Waals surface area (Å²) in [5, 5.41) is 2.61. The summed E-state index contributed by atoms with van der Waals surface area (Å²) in [7, 11) is 1.79. The van der Waals surface area contributed by atoms with E-state index in [1.165, 1.54) is 64.3 Å². The summed E-state index contributed by atoms with van der Waals surface area (Å²) in [5.74, 6) is 1.01. The molecule has 1 aliphatic rings. The van der Waals surface area contributed by atoms with Crippen LogP contribution in [-0.2, 0) is 19.3 Å². The molecular weight excluding hydrogens is 292 g/mol. The molecule has 3 aromatic carbocycles. The van der Waals surface area contributed by atoms with Gasteiger partial charge in [-0.3, -0.25) is 0 Å². The zero-order valence-corrected chi connectivity index (χ0v) is 14.6. The van der Waals surface area contributed by atoms with Crippen LogP contribution in [0.5, 0.6) is 5.75 Å². The first-order valence-corrected chi connectivity index (χ1v) is 9.02. The Morgan fingerprint density at radius 2 is 1.50 bits per heavy atom. The topological polar surface area (TPSA) is 9.23 Å². The van der Waals surface area contributed by atoms with E-state index in [0.29, 0.717) is 0 Å². The van der Waals surface area contributed by atoms with E-state index in [9.17, 15) is 0 Å². The molecule has 0 spiro atoms. The number of hydrogen-bond donors (Lipinski definition) is 0. The normalized spacial score (nSPS) is 13.8. The number of fused-ring (bicyclic) bond motifs is 2. The Labute approximate surface area is 144 Å². The van der Waals surface area contributed by atoms with E-state index >= 15 is 0 Å². The Morgan fingerprint density at radius 1 is 0.833 bits per heavy atom. The van der Waals surface area contributed by atoms with E-state index in [4.69, 9.17) is 4.74 Å².